The summed E-state index contributed by atoms with van der Waals surface area (Å²) in [5.74, 6) is -1.00. The molecule has 2 aliphatic heterocycles. The van der Waals surface area contributed by atoms with Crippen molar-refractivity contribution in [1.82, 2.24) is 0 Å². The van der Waals surface area contributed by atoms with E-state index in [4.69, 9.17) is 32.7 Å². The van der Waals surface area contributed by atoms with E-state index in [-0.39, 0.29) is 0 Å². The zero-order valence-electron chi connectivity index (χ0n) is 17.6. The van der Waals surface area contributed by atoms with E-state index < -0.39 is 23.1 Å². The number of cyclic esters (lactones) is 2. The van der Waals surface area contributed by atoms with Crippen molar-refractivity contribution in [3.8, 4) is 0 Å². The number of carbonyl (C=O) groups is 2. The fourth-order valence-corrected chi connectivity index (χ4v) is 5.41. The third-order valence-corrected chi connectivity index (χ3v) is 7.05. The molecular formula is C28H16Cl2O4. The van der Waals surface area contributed by atoms with Crippen molar-refractivity contribution in [3.63, 3.8) is 0 Å². The lowest BCUT2D eigenvalue weighted by molar-refractivity contribution is -0.112. The van der Waals surface area contributed by atoms with Crippen LogP contribution < -0.4 is 0 Å². The van der Waals surface area contributed by atoms with Crippen LogP contribution >= 0.6 is 23.2 Å². The van der Waals surface area contributed by atoms with Crippen molar-refractivity contribution < 1.29 is 19.1 Å². The Kier molecular flexibility index (Phi) is 4.60. The molecule has 4 nitrogen and oxygen atoms in total. The third-order valence-electron chi connectivity index (χ3n) is 6.54. The maximum absolute atomic E-state index is 13.3. The monoisotopic (exact) mass is 486 g/mol. The number of hydrogen-bond acceptors (Lipinski definition) is 4. The number of ether oxygens (including phenoxy) is 2. The summed E-state index contributed by atoms with van der Waals surface area (Å²) >= 11 is 12.4. The average molecular weight is 487 g/mol. The maximum atomic E-state index is 13.3. The number of hydrogen-bond donors (Lipinski definition) is 0. The second-order valence-electron chi connectivity index (χ2n) is 8.25. The van der Waals surface area contributed by atoms with Gasteiger partial charge in [-0.25, -0.2) is 9.59 Å². The highest BCUT2D eigenvalue weighted by Crippen LogP contribution is 2.60. The van der Waals surface area contributed by atoms with E-state index in [9.17, 15) is 9.59 Å². The van der Waals surface area contributed by atoms with Crippen LogP contribution in [0.1, 0.15) is 43.0 Å². The van der Waals surface area contributed by atoms with Gasteiger partial charge >= 0.3 is 11.9 Å². The van der Waals surface area contributed by atoms with Crippen LogP contribution in [0.15, 0.2) is 97.1 Å². The number of esters is 2. The molecule has 0 saturated heterocycles. The smallest absolute Gasteiger partial charge is 0.339 e. The van der Waals surface area contributed by atoms with Crippen molar-refractivity contribution in [2.24, 2.45) is 0 Å². The maximum Gasteiger partial charge on any atom is 0.339 e. The number of carbonyl (C=O) groups excluding carboxylic acids is 2. The largest absolute Gasteiger partial charge is 0.440 e. The number of halogens is 2. The molecule has 34 heavy (non-hydrogen) atoms. The number of benzene rings is 4. The van der Waals surface area contributed by atoms with Gasteiger partial charge in [0.2, 0.25) is 11.2 Å². The molecule has 0 saturated carbocycles. The van der Waals surface area contributed by atoms with Crippen LogP contribution in [0.2, 0.25) is 10.0 Å². The fraction of sp³-hybridized carbons (Fsp3) is 0.0714. The molecule has 6 heteroatoms. The number of fused-ring (bicyclic) bond motifs is 2. The predicted molar refractivity (Wildman–Crippen MR) is 128 cm³/mol. The van der Waals surface area contributed by atoms with E-state index in [0.717, 1.165) is 0 Å². The highest BCUT2D eigenvalue weighted by molar-refractivity contribution is 6.30. The summed E-state index contributed by atoms with van der Waals surface area (Å²) < 4.78 is 12.7. The molecule has 0 radical (unpaired) electrons. The second kappa shape index (κ2) is 7.45. The fourth-order valence-electron chi connectivity index (χ4n) is 5.16. The van der Waals surface area contributed by atoms with Crippen LogP contribution in [0.5, 0.6) is 0 Å². The highest BCUT2D eigenvalue weighted by Gasteiger charge is 2.68. The van der Waals surface area contributed by atoms with E-state index in [0.29, 0.717) is 43.4 Å². The Bertz CT molecular complexity index is 1350. The molecule has 0 aliphatic carbocycles. The standard InChI is InChI=1S/C28H16Cl2O4/c29-19-13-9-17(10-14-19)27(23-7-3-1-5-21(23)25(31)33-27)28(18-11-15-20(30)16-12-18)24-8-4-2-6-22(24)26(32)34-28/h1-16H. The van der Waals surface area contributed by atoms with Gasteiger partial charge in [-0.2, -0.15) is 0 Å². The van der Waals surface area contributed by atoms with Gasteiger partial charge in [0.25, 0.3) is 0 Å². The second-order valence-corrected chi connectivity index (χ2v) is 9.12. The minimum absolute atomic E-state index is 0.409. The molecule has 0 aromatic heterocycles. The van der Waals surface area contributed by atoms with Crippen molar-refractivity contribution in [2.75, 3.05) is 0 Å². The van der Waals surface area contributed by atoms with E-state index >= 15 is 0 Å². The molecule has 0 spiro atoms. The zero-order chi connectivity index (χ0) is 23.5. The normalized spacial score (nSPS) is 22.6. The topological polar surface area (TPSA) is 52.6 Å². The molecule has 2 heterocycles. The first-order chi connectivity index (χ1) is 16.5. The molecule has 0 fully saturated rings. The van der Waals surface area contributed by atoms with Crippen molar-refractivity contribution in [1.29, 1.82) is 0 Å². The van der Waals surface area contributed by atoms with Gasteiger partial charge < -0.3 is 9.47 Å². The highest BCUT2D eigenvalue weighted by atomic mass is 35.5. The Morgan fingerprint density at radius 2 is 0.853 bits per heavy atom. The summed E-state index contributed by atoms with van der Waals surface area (Å²) in [5.41, 5.74) is 0.230. The number of rotatable bonds is 3. The molecule has 4 aromatic carbocycles. The minimum Gasteiger partial charge on any atom is -0.440 e. The van der Waals surface area contributed by atoms with Crippen LogP contribution in [-0.4, -0.2) is 11.9 Å². The lowest BCUT2D eigenvalue weighted by atomic mass is 9.66. The van der Waals surface area contributed by atoms with Crippen LogP contribution in [-0.2, 0) is 20.7 Å². The molecule has 2 aliphatic rings. The Labute approximate surface area is 205 Å². The lowest BCUT2D eigenvalue weighted by Crippen LogP contribution is -2.51. The Balaban J connectivity index is 1.80. The van der Waals surface area contributed by atoms with Gasteiger partial charge in [0.15, 0.2) is 0 Å². The van der Waals surface area contributed by atoms with E-state index in [1.54, 1.807) is 72.8 Å². The summed E-state index contributed by atoms with van der Waals surface area (Å²) in [6.45, 7) is 0. The molecule has 0 amide bonds. The van der Waals surface area contributed by atoms with Gasteiger partial charge in [-0.1, -0.05) is 83.9 Å². The van der Waals surface area contributed by atoms with Crippen LogP contribution in [0.25, 0.3) is 0 Å². The minimum atomic E-state index is -1.51. The van der Waals surface area contributed by atoms with E-state index in [1.807, 2.05) is 24.3 Å². The van der Waals surface area contributed by atoms with Gasteiger partial charge in [0.05, 0.1) is 11.1 Å². The lowest BCUT2D eigenvalue weighted by Gasteiger charge is -2.45. The van der Waals surface area contributed by atoms with Crippen LogP contribution in [0.3, 0.4) is 0 Å². The van der Waals surface area contributed by atoms with Crippen molar-refractivity contribution in [3.05, 3.63) is 140 Å². The summed E-state index contributed by atoms with van der Waals surface area (Å²) in [6, 6.07) is 28.4. The van der Waals surface area contributed by atoms with Gasteiger partial charge in [-0.05, 0) is 36.4 Å². The molecular weight excluding hydrogens is 471 g/mol. The Morgan fingerprint density at radius 1 is 0.500 bits per heavy atom. The molecule has 6 rings (SSSR count). The van der Waals surface area contributed by atoms with Gasteiger partial charge in [0, 0.05) is 32.3 Å². The van der Waals surface area contributed by atoms with Crippen molar-refractivity contribution >= 4 is 35.1 Å². The van der Waals surface area contributed by atoms with E-state index in [1.165, 1.54) is 0 Å². The van der Waals surface area contributed by atoms with Gasteiger partial charge in [0.1, 0.15) is 0 Å². The summed E-state index contributed by atoms with van der Waals surface area (Å²) in [7, 11) is 0. The van der Waals surface area contributed by atoms with E-state index in [2.05, 4.69) is 0 Å². The van der Waals surface area contributed by atoms with Crippen LogP contribution in [0, 0.1) is 0 Å². The summed E-state index contributed by atoms with van der Waals surface area (Å²) in [5, 5.41) is 1.06. The molecule has 4 aromatic rings. The first kappa shape index (κ1) is 21.0. The SMILES string of the molecule is O=C1OC(c2ccc(Cl)cc2)(C2(c3ccc(Cl)cc3)OC(=O)c3ccccc32)c2ccccc21. The van der Waals surface area contributed by atoms with Gasteiger partial charge in [-0.3, -0.25) is 0 Å². The Morgan fingerprint density at radius 3 is 1.24 bits per heavy atom. The molecule has 2 atom stereocenters. The summed E-state index contributed by atoms with van der Waals surface area (Å²) in [4.78, 5) is 26.6. The Hall–Kier alpha value is -3.60. The quantitative estimate of drug-likeness (QED) is 0.309. The molecule has 166 valence electrons. The van der Waals surface area contributed by atoms with Crippen LogP contribution in [0.4, 0.5) is 0 Å². The average Bonchev–Trinajstić information content (AvgIpc) is 3.34. The first-order valence-electron chi connectivity index (χ1n) is 10.7. The van der Waals surface area contributed by atoms with Crippen molar-refractivity contribution in [2.45, 2.75) is 11.2 Å². The zero-order valence-corrected chi connectivity index (χ0v) is 19.1. The summed E-state index contributed by atoms with van der Waals surface area (Å²) in [6.07, 6.45) is 0. The predicted octanol–water partition coefficient (Wildman–Crippen LogP) is 6.52. The van der Waals surface area contributed by atoms with Gasteiger partial charge in [-0.15, -0.1) is 0 Å². The molecule has 0 bridgehead atoms. The molecule has 2 unspecified atom stereocenters. The molecule has 0 N–H and O–H groups in total. The third kappa shape index (κ3) is 2.67. The first-order valence-corrected chi connectivity index (χ1v) is 11.4.